The van der Waals surface area contributed by atoms with Crippen molar-refractivity contribution in [3.8, 4) is 11.3 Å². The molecule has 1 N–H and O–H groups in total. The van der Waals surface area contributed by atoms with Gasteiger partial charge in [-0.1, -0.05) is 30.3 Å². The monoisotopic (exact) mass is 461 g/mol. The Morgan fingerprint density at radius 1 is 1.15 bits per heavy atom. The first-order valence-corrected chi connectivity index (χ1v) is 12.6. The van der Waals surface area contributed by atoms with E-state index in [1.54, 1.807) is 23.1 Å². The van der Waals surface area contributed by atoms with Crippen LogP contribution in [-0.2, 0) is 16.4 Å². The maximum atomic E-state index is 13.3. The lowest BCUT2D eigenvalue weighted by molar-refractivity contribution is 0.0952. The van der Waals surface area contributed by atoms with Gasteiger partial charge in [0.1, 0.15) is 0 Å². The molecular weight excluding hydrogens is 438 g/mol. The Labute approximate surface area is 191 Å². The maximum Gasteiger partial charge on any atom is 0.252 e. The van der Waals surface area contributed by atoms with Crippen LogP contribution in [-0.4, -0.2) is 45.6 Å². The number of pyridine rings is 2. The number of nitrogens with one attached hydrogen (secondary N) is 1. The zero-order valence-corrected chi connectivity index (χ0v) is 18.9. The Balaban J connectivity index is 1.61. The molecule has 168 valence electrons. The van der Waals surface area contributed by atoms with Crippen molar-refractivity contribution in [2.45, 2.75) is 25.9 Å². The molecule has 1 saturated heterocycles. The van der Waals surface area contributed by atoms with E-state index < -0.39 is 9.84 Å². The zero-order valence-electron chi connectivity index (χ0n) is 18.1. The molecule has 1 fully saturated rings. The highest BCUT2D eigenvalue weighted by Gasteiger charge is 2.32. The molecule has 0 radical (unpaired) electrons. The van der Waals surface area contributed by atoms with Crippen LogP contribution in [0.15, 0.2) is 60.9 Å². The number of rotatable bonds is 5. The Morgan fingerprint density at radius 2 is 1.91 bits per heavy atom. The lowest BCUT2D eigenvalue weighted by Gasteiger charge is -2.12. The smallest absolute Gasteiger partial charge is 0.252 e. The summed E-state index contributed by atoms with van der Waals surface area (Å²) in [5.74, 6) is -0.0715. The number of sulfone groups is 1. The van der Waals surface area contributed by atoms with Crippen molar-refractivity contribution in [3.63, 3.8) is 0 Å². The van der Waals surface area contributed by atoms with Crippen LogP contribution in [0.5, 0.6) is 0 Å². The number of hydrogen-bond donors (Lipinski definition) is 1. The molecule has 1 atom stereocenters. The summed E-state index contributed by atoms with van der Waals surface area (Å²) in [5.41, 5.74) is 4.10. The molecule has 1 amide bonds. The van der Waals surface area contributed by atoms with Gasteiger partial charge in [-0.3, -0.25) is 9.78 Å². The number of carbonyl (C=O) groups is 1. The number of carbonyl (C=O) groups excluding carboxylic acids is 1. The van der Waals surface area contributed by atoms with Crippen LogP contribution >= 0.6 is 0 Å². The van der Waals surface area contributed by atoms with Crippen molar-refractivity contribution in [1.82, 2.24) is 25.1 Å². The molecule has 1 aliphatic heterocycles. The molecule has 1 aliphatic rings. The first-order valence-electron chi connectivity index (χ1n) is 10.7. The first-order chi connectivity index (χ1) is 15.9. The highest BCUT2D eigenvalue weighted by atomic mass is 32.2. The molecule has 8 nitrogen and oxygen atoms in total. The van der Waals surface area contributed by atoms with E-state index in [4.69, 9.17) is 4.98 Å². The van der Waals surface area contributed by atoms with Gasteiger partial charge in [-0.05, 0) is 37.1 Å². The molecule has 4 aromatic rings. The number of amides is 1. The molecule has 4 heterocycles. The van der Waals surface area contributed by atoms with E-state index in [1.165, 1.54) is 0 Å². The van der Waals surface area contributed by atoms with Gasteiger partial charge in [0, 0.05) is 24.5 Å². The molecule has 1 unspecified atom stereocenters. The van der Waals surface area contributed by atoms with Crippen molar-refractivity contribution < 1.29 is 13.2 Å². The summed E-state index contributed by atoms with van der Waals surface area (Å²) < 4.78 is 25.9. The summed E-state index contributed by atoms with van der Waals surface area (Å²) in [6, 6.07) is 14.8. The van der Waals surface area contributed by atoms with Crippen LogP contribution in [0.2, 0.25) is 0 Å². The Kier molecular flexibility index (Phi) is 5.41. The van der Waals surface area contributed by atoms with E-state index in [0.717, 1.165) is 11.1 Å². The third kappa shape index (κ3) is 4.23. The number of aryl methyl sites for hydroxylation is 1. The number of benzene rings is 1. The summed E-state index contributed by atoms with van der Waals surface area (Å²) in [5, 5.41) is 8.26. The van der Waals surface area contributed by atoms with Gasteiger partial charge in [-0.15, -0.1) is 0 Å². The molecule has 0 saturated carbocycles. The van der Waals surface area contributed by atoms with Crippen LogP contribution in [0.1, 0.15) is 34.1 Å². The summed E-state index contributed by atoms with van der Waals surface area (Å²) in [4.78, 5) is 22.2. The largest absolute Gasteiger partial charge is 0.348 e. The third-order valence-corrected chi connectivity index (χ3v) is 7.66. The Hall–Kier alpha value is -3.59. The Morgan fingerprint density at radius 3 is 2.61 bits per heavy atom. The second-order valence-corrected chi connectivity index (χ2v) is 10.5. The highest BCUT2D eigenvalue weighted by Crippen LogP contribution is 2.32. The minimum atomic E-state index is -3.10. The predicted molar refractivity (Wildman–Crippen MR) is 125 cm³/mol. The fourth-order valence-corrected chi connectivity index (χ4v) is 5.94. The first kappa shape index (κ1) is 21.3. The second-order valence-electron chi connectivity index (χ2n) is 8.24. The molecule has 9 heteroatoms. The summed E-state index contributed by atoms with van der Waals surface area (Å²) in [6.07, 6.45) is 3.85. The van der Waals surface area contributed by atoms with Gasteiger partial charge in [0.2, 0.25) is 0 Å². The van der Waals surface area contributed by atoms with Crippen molar-refractivity contribution in [3.05, 3.63) is 77.7 Å². The van der Waals surface area contributed by atoms with Gasteiger partial charge in [-0.25, -0.2) is 18.1 Å². The van der Waals surface area contributed by atoms with Crippen molar-refractivity contribution in [1.29, 1.82) is 0 Å². The van der Waals surface area contributed by atoms with Crippen LogP contribution < -0.4 is 5.32 Å². The summed E-state index contributed by atoms with van der Waals surface area (Å²) >= 11 is 0. The zero-order chi connectivity index (χ0) is 23.0. The predicted octanol–water partition coefficient (Wildman–Crippen LogP) is 3.09. The average Bonchev–Trinajstić information content (AvgIpc) is 3.36. The number of hydrogen-bond acceptors (Lipinski definition) is 6. The van der Waals surface area contributed by atoms with E-state index in [9.17, 15) is 13.2 Å². The number of fused-ring (bicyclic) bond motifs is 1. The molecular formula is C24H23N5O3S. The van der Waals surface area contributed by atoms with Gasteiger partial charge in [0.05, 0.1) is 39.9 Å². The fraction of sp³-hybridized carbons (Fsp3) is 0.250. The van der Waals surface area contributed by atoms with E-state index in [2.05, 4.69) is 15.4 Å². The highest BCUT2D eigenvalue weighted by molar-refractivity contribution is 7.91. The fourth-order valence-electron chi connectivity index (χ4n) is 4.25. The molecule has 33 heavy (non-hydrogen) atoms. The minimum Gasteiger partial charge on any atom is -0.348 e. The van der Waals surface area contributed by atoms with Gasteiger partial charge in [-0.2, -0.15) is 5.10 Å². The Bertz CT molecular complexity index is 1430. The van der Waals surface area contributed by atoms with E-state index in [-0.39, 0.29) is 23.5 Å². The van der Waals surface area contributed by atoms with Crippen LogP contribution in [0.25, 0.3) is 22.3 Å². The van der Waals surface area contributed by atoms with Crippen LogP contribution in [0.4, 0.5) is 0 Å². The lowest BCUT2D eigenvalue weighted by Crippen LogP contribution is -2.23. The molecule has 3 aromatic heterocycles. The van der Waals surface area contributed by atoms with Gasteiger partial charge in [0.25, 0.3) is 5.91 Å². The molecule has 5 rings (SSSR count). The summed E-state index contributed by atoms with van der Waals surface area (Å²) in [7, 11) is -3.10. The standard InChI is InChI=1S/C24H23N5O3S/c1-16-22-20(24(30)26-14-17-7-10-25-11-8-17)13-21(18-5-3-2-4-6-18)27-23(22)29(28-16)19-9-12-33(31,32)15-19/h2-8,10-11,13,19H,9,12,14-15H2,1H3,(H,26,30). The van der Waals surface area contributed by atoms with E-state index in [1.807, 2.05) is 49.4 Å². The van der Waals surface area contributed by atoms with Crippen LogP contribution in [0.3, 0.4) is 0 Å². The van der Waals surface area contributed by atoms with E-state index >= 15 is 0 Å². The van der Waals surface area contributed by atoms with Crippen molar-refractivity contribution in [2.24, 2.45) is 0 Å². The van der Waals surface area contributed by atoms with Gasteiger partial charge in [0.15, 0.2) is 15.5 Å². The molecule has 1 aromatic carbocycles. The summed E-state index contributed by atoms with van der Waals surface area (Å²) in [6.45, 7) is 2.19. The third-order valence-electron chi connectivity index (χ3n) is 5.91. The molecule has 0 spiro atoms. The van der Waals surface area contributed by atoms with Crippen molar-refractivity contribution in [2.75, 3.05) is 11.5 Å². The van der Waals surface area contributed by atoms with Gasteiger partial charge >= 0.3 is 0 Å². The molecule has 0 aliphatic carbocycles. The maximum absolute atomic E-state index is 13.3. The molecule has 0 bridgehead atoms. The quantitative estimate of drug-likeness (QED) is 0.489. The van der Waals surface area contributed by atoms with E-state index in [0.29, 0.717) is 41.0 Å². The number of nitrogens with zero attached hydrogens (tertiary/aromatic N) is 4. The SMILES string of the molecule is Cc1nn(C2CCS(=O)(=O)C2)c2nc(-c3ccccc3)cc(C(=O)NCc3ccncc3)c12. The number of aromatic nitrogens is 4. The topological polar surface area (TPSA) is 107 Å². The second kappa shape index (κ2) is 8.40. The van der Waals surface area contributed by atoms with Crippen LogP contribution in [0, 0.1) is 6.92 Å². The normalized spacial score (nSPS) is 17.3. The van der Waals surface area contributed by atoms with Gasteiger partial charge < -0.3 is 5.32 Å². The lowest BCUT2D eigenvalue weighted by atomic mass is 10.0. The minimum absolute atomic E-state index is 0.0318. The van der Waals surface area contributed by atoms with Crippen molar-refractivity contribution >= 4 is 26.8 Å². The average molecular weight is 462 g/mol.